The number of anilines is 1. The Morgan fingerprint density at radius 1 is 1.15 bits per heavy atom. The smallest absolute Gasteiger partial charge is 0.237 e. The van der Waals surface area contributed by atoms with E-state index >= 15 is 0 Å². The zero-order valence-electron chi connectivity index (χ0n) is 11.6. The van der Waals surface area contributed by atoms with Crippen molar-refractivity contribution in [1.82, 2.24) is 0 Å². The summed E-state index contributed by atoms with van der Waals surface area (Å²) in [6, 6.07) is 6.22. The van der Waals surface area contributed by atoms with Crippen LogP contribution in [0.5, 0.6) is 0 Å². The standard InChI is InChI=1S/C16H20N2OS/c17-14(20)16(8-1-2-9-16)15(19)18-13-7-6-11-4-3-5-12(11)10-13/h6-7,10H,1-5,8-9H2,(H2,17,20)(H,18,19). The van der Waals surface area contributed by atoms with Crippen molar-refractivity contribution in [1.29, 1.82) is 0 Å². The number of hydrogen-bond acceptors (Lipinski definition) is 2. The molecule has 0 unspecified atom stereocenters. The van der Waals surface area contributed by atoms with Crippen molar-refractivity contribution in [2.24, 2.45) is 11.1 Å². The highest BCUT2D eigenvalue weighted by Gasteiger charge is 2.43. The van der Waals surface area contributed by atoms with Crippen molar-refractivity contribution in [2.45, 2.75) is 44.9 Å². The summed E-state index contributed by atoms with van der Waals surface area (Å²) < 4.78 is 0. The van der Waals surface area contributed by atoms with Crippen LogP contribution in [0, 0.1) is 5.41 Å². The summed E-state index contributed by atoms with van der Waals surface area (Å²) in [7, 11) is 0. The Bertz CT molecular complexity index is 562. The fraction of sp³-hybridized carbons (Fsp3) is 0.500. The Kier molecular flexibility index (Phi) is 3.50. The first kappa shape index (κ1) is 13.6. The van der Waals surface area contributed by atoms with E-state index in [2.05, 4.69) is 17.4 Å². The predicted molar refractivity (Wildman–Crippen MR) is 84.8 cm³/mol. The van der Waals surface area contributed by atoms with Gasteiger partial charge in [0.05, 0.1) is 10.4 Å². The second kappa shape index (κ2) is 5.17. The number of carbonyl (C=O) groups is 1. The summed E-state index contributed by atoms with van der Waals surface area (Å²) >= 11 is 5.16. The molecule has 20 heavy (non-hydrogen) atoms. The minimum Gasteiger partial charge on any atom is -0.392 e. The zero-order chi connectivity index (χ0) is 14.2. The number of rotatable bonds is 3. The van der Waals surface area contributed by atoms with Crippen LogP contribution in [0.1, 0.15) is 43.2 Å². The molecular formula is C16H20N2OS. The lowest BCUT2D eigenvalue weighted by Crippen LogP contribution is -2.43. The van der Waals surface area contributed by atoms with E-state index in [4.69, 9.17) is 18.0 Å². The molecule has 0 saturated heterocycles. The summed E-state index contributed by atoms with van der Waals surface area (Å²) in [6.45, 7) is 0. The van der Waals surface area contributed by atoms with Crippen LogP contribution in [0.25, 0.3) is 0 Å². The van der Waals surface area contributed by atoms with Crippen molar-refractivity contribution in [3.8, 4) is 0 Å². The lowest BCUT2D eigenvalue weighted by molar-refractivity contribution is -0.122. The van der Waals surface area contributed by atoms with Crippen molar-refractivity contribution in [3.05, 3.63) is 29.3 Å². The molecule has 3 nitrogen and oxygen atoms in total. The van der Waals surface area contributed by atoms with Gasteiger partial charge in [0.2, 0.25) is 5.91 Å². The van der Waals surface area contributed by atoms with Gasteiger partial charge >= 0.3 is 0 Å². The van der Waals surface area contributed by atoms with Gasteiger partial charge in [-0.15, -0.1) is 0 Å². The van der Waals surface area contributed by atoms with Crippen LogP contribution in [0.4, 0.5) is 5.69 Å². The first-order valence-corrected chi connectivity index (χ1v) is 7.76. The fourth-order valence-electron chi connectivity index (χ4n) is 3.46. The van der Waals surface area contributed by atoms with Gasteiger partial charge in [-0.2, -0.15) is 0 Å². The zero-order valence-corrected chi connectivity index (χ0v) is 12.4. The minimum atomic E-state index is -0.631. The van der Waals surface area contributed by atoms with Crippen LogP contribution in [-0.2, 0) is 17.6 Å². The molecule has 4 heteroatoms. The number of nitrogens with two attached hydrogens (primary N) is 1. The van der Waals surface area contributed by atoms with Gasteiger partial charge in [0.1, 0.15) is 0 Å². The third-order valence-corrected chi connectivity index (χ3v) is 5.11. The number of nitrogens with one attached hydrogen (secondary N) is 1. The maximum Gasteiger partial charge on any atom is 0.237 e. The molecule has 1 aromatic carbocycles. The average molecular weight is 288 g/mol. The number of thiocarbonyl (C=S) groups is 1. The molecule has 1 saturated carbocycles. The quantitative estimate of drug-likeness (QED) is 0.841. The Hall–Kier alpha value is -1.42. The molecule has 0 spiro atoms. The first-order valence-electron chi connectivity index (χ1n) is 7.35. The molecule has 3 N–H and O–H groups in total. The average Bonchev–Trinajstić information content (AvgIpc) is 3.07. The van der Waals surface area contributed by atoms with Gasteiger partial charge in [0.25, 0.3) is 0 Å². The molecule has 1 aromatic rings. The van der Waals surface area contributed by atoms with E-state index in [9.17, 15) is 4.79 Å². The number of hydrogen-bond donors (Lipinski definition) is 2. The van der Waals surface area contributed by atoms with Crippen LogP contribution in [0.15, 0.2) is 18.2 Å². The van der Waals surface area contributed by atoms with E-state index in [0.717, 1.165) is 44.2 Å². The summed E-state index contributed by atoms with van der Waals surface area (Å²) in [6.07, 6.45) is 7.07. The molecule has 0 atom stereocenters. The summed E-state index contributed by atoms with van der Waals surface area (Å²) in [5.41, 5.74) is 8.86. The highest BCUT2D eigenvalue weighted by molar-refractivity contribution is 7.80. The van der Waals surface area contributed by atoms with Gasteiger partial charge in [0, 0.05) is 5.69 Å². The third-order valence-electron chi connectivity index (χ3n) is 4.72. The summed E-state index contributed by atoms with van der Waals surface area (Å²) in [4.78, 5) is 12.9. The molecular weight excluding hydrogens is 268 g/mol. The van der Waals surface area contributed by atoms with Crippen LogP contribution >= 0.6 is 12.2 Å². The van der Waals surface area contributed by atoms with Crippen LogP contribution in [0.2, 0.25) is 0 Å². The molecule has 0 aliphatic heterocycles. The molecule has 106 valence electrons. The van der Waals surface area contributed by atoms with Crippen molar-refractivity contribution in [2.75, 3.05) is 5.32 Å². The molecule has 0 radical (unpaired) electrons. The van der Waals surface area contributed by atoms with E-state index < -0.39 is 5.41 Å². The number of amides is 1. The summed E-state index contributed by atoms with van der Waals surface area (Å²) in [5, 5.41) is 3.03. The number of fused-ring (bicyclic) bond motifs is 1. The van der Waals surface area contributed by atoms with E-state index in [1.165, 1.54) is 17.5 Å². The lowest BCUT2D eigenvalue weighted by atomic mass is 9.85. The molecule has 0 aromatic heterocycles. The molecule has 0 heterocycles. The van der Waals surface area contributed by atoms with Crippen LogP contribution in [-0.4, -0.2) is 10.9 Å². The minimum absolute atomic E-state index is 0.0274. The van der Waals surface area contributed by atoms with Crippen LogP contribution < -0.4 is 11.1 Å². The highest BCUT2D eigenvalue weighted by atomic mass is 32.1. The lowest BCUT2D eigenvalue weighted by Gasteiger charge is -2.26. The largest absolute Gasteiger partial charge is 0.392 e. The van der Waals surface area contributed by atoms with Gasteiger partial charge in [-0.05, 0) is 55.4 Å². The van der Waals surface area contributed by atoms with Gasteiger partial charge in [-0.1, -0.05) is 31.1 Å². The molecule has 1 fully saturated rings. The topological polar surface area (TPSA) is 55.1 Å². The van der Waals surface area contributed by atoms with Crippen molar-refractivity contribution in [3.63, 3.8) is 0 Å². The van der Waals surface area contributed by atoms with Crippen molar-refractivity contribution < 1.29 is 4.79 Å². The van der Waals surface area contributed by atoms with Gasteiger partial charge in [-0.25, -0.2) is 0 Å². The SMILES string of the molecule is NC(=S)C1(C(=O)Nc2ccc3c(c2)CCC3)CCCC1. The van der Waals surface area contributed by atoms with Gasteiger partial charge < -0.3 is 11.1 Å². The summed E-state index contributed by atoms with van der Waals surface area (Å²) in [5.74, 6) is -0.0274. The van der Waals surface area contributed by atoms with Crippen LogP contribution in [0.3, 0.4) is 0 Å². The maximum atomic E-state index is 12.6. The monoisotopic (exact) mass is 288 g/mol. The van der Waals surface area contributed by atoms with Crippen molar-refractivity contribution >= 4 is 28.8 Å². The van der Waals surface area contributed by atoms with Gasteiger partial charge in [-0.3, -0.25) is 4.79 Å². The molecule has 1 amide bonds. The number of benzene rings is 1. The van der Waals surface area contributed by atoms with E-state index in [1.54, 1.807) is 0 Å². The Morgan fingerprint density at radius 3 is 2.55 bits per heavy atom. The normalized spacial score (nSPS) is 19.6. The van der Waals surface area contributed by atoms with E-state index in [1.807, 2.05) is 6.07 Å². The Labute approximate surface area is 124 Å². The van der Waals surface area contributed by atoms with E-state index in [0.29, 0.717) is 4.99 Å². The number of carbonyl (C=O) groups excluding carboxylic acids is 1. The molecule has 3 rings (SSSR count). The second-order valence-electron chi connectivity index (χ2n) is 5.94. The van der Waals surface area contributed by atoms with E-state index in [-0.39, 0.29) is 5.91 Å². The fourth-order valence-corrected chi connectivity index (χ4v) is 3.76. The second-order valence-corrected chi connectivity index (χ2v) is 6.38. The molecule has 2 aliphatic carbocycles. The maximum absolute atomic E-state index is 12.6. The number of aryl methyl sites for hydroxylation is 2. The van der Waals surface area contributed by atoms with Gasteiger partial charge in [0.15, 0.2) is 0 Å². The Balaban J connectivity index is 1.80. The molecule has 0 bridgehead atoms. The highest BCUT2D eigenvalue weighted by Crippen LogP contribution is 2.39. The predicted octanol–water partition coefficient (Wildman–Crippen LogP) is 2.96. The molecule has 2 aliphatic rings. The Morgan fingerprint density at radius 2 is 1.85 bits per heavy atom. The third kappa shape index (κ3) is 2.22. The first-order chi connectivity index (χ1) is 9.62.